The van der Waals surface area contributed by atoms with Gasteiger partial charge in [-0.05, 0) is 49.4 Å². The number of methoxy groups -OCH3 is 1. The number of likely N-dealkylation sites (N-methyl/N-ethyl adjacent to an activating group) is 1. The molecule has 14 heteroatoms. The highest BCUT2D eigenvalue weighted by Gasteiger charge is 2.35. The van der Waals surface area contributed by atoms with Crippen molar-refractivity contribution < 1.29 is 32.6 Å². The van der Waals surface area contributed by atoms with Crippen molar-refractivity contribution in [3.05, 3.63) is 60.6 Å². The van der Waals surface area contributed by atoms with Crippen molar-refractivity contribution in [1.82, 2.24) is 18.8 Å². The largest absolute Gasteiger partial charge is 0.497 e. The molecule has 4 rings (SSSR count). The zero-order valence-electron chi connectivity index (χ0n) is 24.1. The molecule has 42 heavy (non-hydrogen) atoms. The Balaban J connectivity index is 1.59. The summed E-state index contributed by atoms with van der Waals surface area (Å²) in [5.74, 6) is 0.198. The van der Waals surface area contributed by atoms with Crippen LogP contribution >= 0.6 is 0 Å². The van der Waals surface area contributed by atoms with Crippen LogP contribution in [0.15, 0.2) is 60.0 Å². The van der Waals surface area contributed by atoms with Gasteiger partial charge in [-0.2, -0.15) is 4.31 Å². The molecule has 2 heterocycles. The second-order valence-electron chi connectivity index (χ2n) is 10.3. The Morgan fingerprint density at radius 1 is 1.21 bits per heavy atom. The van der Waals surface area contributed by atoms with E-state index in [2.05, 4.69) is 15.6 Å². The third-order valence-corrected chi connectivity index (χ3v) is 8.77. The third-order valence-electron chi connectivity index (χ3n) is 7.06. The molecule has 3 atom stereocenters. The standard InChI is InChI=1S/C28H36N6O7S/c1-18-13-34(19(2)16-35)27(36)23-12-21(31-28(37)30-20-6-9-22(40-5)10-7-20)8-11-24(23)41-25(18)14-33(4)42(38,39)26-15-32(3)17-29-26/h6-12,15,17-19,25,35H,13-14,16H2,1-5H3,(H2,30,31,37)/t18-,19-,25+/m0/s1. The monoisotopic (exact) mass is 600 g/mol. The summed E-state index contributed by atoms with van der Waals surface area (Å²) in [5, 5.41) is 15.3. The van der Waals surface area contributed by atoms with Gasteiger partial charge in [0.2, 0.25) is 0 Å². The Labute approximate surface area is 245 Å². The second kappa shape index (κ2) is 12.8. The van der Waals surface area contributed by atoms with Gasteiger partial charge >= 0.3 is 6.03 Å². The minimum atomic E-state index is -3.90. The number of aliphatic hydroxyl groups is 1. The molecule has 1 aliphatic heterocycles. The van der Waals surface area contributed by atoms with Crippen molar-refractivity contribution in [3.63, 3.8) is 0 Å². The van der Waals surface area contributed by atoms with E-state index in [9.17, 15) is 23.1 Å². The van der Waals surface area contributed by atoms with Gasteiger partial charge < -0.3 is 34.7 Å². The lowest BCUT2D eigenvalue weighted by atomic mass is 9.99. The predicted octanol–water partition coefficient (Wildman–Crippen LogP) is 2.61. The molecular formula is C28H36N6O7S. The van der Waals surface area contributed by atoms with Crippen molar-refractivity contribution in [2.45, 2.75) is 31.0 Å². The maximum absolute atomic E-state index is 13.7. The first-order chi connectivity index (χ1) is 19.9. The zero-order chi connectivity index (χ0) is 30.6. The molecule has 0 fully saturated rings. The molecule has 0 radical (unpaired) electrons. The number of nitrogens with zero attached hydrogens (tertiary/aromatic N) is 4. The number of fused-ring (bicyclic) bond motifs is 1. The molecule has 1 aliphatic rings. The number of ether oxygens (including phenoxy) is 2. The molecule has 0 saturated carbocycles. The van der Waals surface area contributed by atoms with Crippen molar-refractivity contribution >= 4 is 33.3 Å². The summed E-state index contributed by atoms with van der Waals surface area (Å²) in [6, 6.07) is 10.4. The molecule has 0 saturated heterocycles. The molecule has 0 unspecified atom stereocenters. The third kappa shape index (κ3) is 6.83. The summed E-state index contributed by atoms with van der Waals surface area (Å²) in [7, 11) is 0.790. The number of rotatable bonds is 9. The summed E-state index contributed by atoms with van der Waals surface area (Å²) < 4.78 is 40.4. The summed E-state index contributed by atoms with van der Waals surface area (Å²) in [5.41, 5.74) is 1.06. The van der Waals surface area contributed by atoms with Gasteiger partial charge in [0.1, 0.15) is 17.6 Å². The van der Waals surface area contributed by atoms with Crippen LogP contribution in [0.1, 0.15) is 24.2 Å². The van der Waals surface area contributed by atoms with E-state index in [0.717, 1.165) is 0 Å². The van der Waals surface area contributed by atoms with Crippen LogP contribution in [0.25, 0.3) is 0 Å². The van der Waals surface area contributed by atoms with Crippen molar-refractivity contribution in [1.29, 1.82) is 0 Å². The van der Waals surface area contributed by atoms with Gasteiger partial charge in [-0.3, -0.25) is 4.79 Å². The number of amides is 3. The van der Waals surface area contributed by atoms with Gasteiger partial charge in [-0.1, -0.05) is 6.92 Å². The molecule has 2 aromatic carbocycles. The Morgan fingerprint density at radius 3 is 2.50 bits per heavy atom. The first kappa shape index (κ1) is 30.8. The van der Waals surface area contributed by atoms with Gasteiger partial charge in [0.25, 0.3) is 15.9 Å². The van der Waals surface area contributed by atoms with Crippen LogP contribution in [-0.2, 0) is 17.1 Å². The van der Waals surface area contributed by atoms with E-state index >= 15 is 0 Å². The van der Waals surface area contributed by atoms with Crippen LogP contribution in [0.5, 0.6) is 11.5 Å². The van der Waals surface area contributed by atoms with Crippen LogP contribution in [-0.4, -0.2) is 90.2 Å². The van der Waals surface area contributed by atoms with Crippen LogP contribution in [0, 0.1) is 5.92 Å². The fourth-order valence-corrected chi connectivity index (χ4v) is 5.66. The summed E-state index contributed by atoms with van der Waals surface area (Å²) in [4.78, 5) is 31.9. The number of hydrogen-bond donors (Lipinski definition) is 3. The van der Waals surface area contributed by atoms with Crippen LogP contribution in [0.2, 0.25) is 0 Å². The van der Waals surface area contributed by atoms with E-state index in [-0.39, 0.29) is 47.9 Å². The van der Waals surface area contributed by atoms with Gasteiger partial charge in [0, 0.05) is 44.1 Å². The normalized spacial score (nSPS) is 18.0. The minimum Gasteiger partial charge on any atom is -0.497 e. The number of carbonyl (C=O) groups is 2. The van der Waals surface area contributed by atoms with Crippen molar-refractivity contribution in [2.24, 2.45) is 13.0 Å². The molecule has 0 aliphatic carbocycles. The van der Waals surface area contributed by atoms with E-state index in [1.807, 2.05) is 6.92 Å². The Bertz CT molecular complexity index is 1530. The average molecular weight is 601 g/mol. The smallest absolute Gasteiger partial charge is 0.323 e. The minimum absolute atomic E-state index is 0.0146. The number of aryl methyl sites for hydroxylation is 1. The summed E-state index contributed by atoms with van der Waals surface area (Å²) in [6.07, 6.45) is 2.19. The Hall–Kier alpha value is -4.14. The number of sulfonamides is 1. The molecule has 226 valence electrons. The predicted molar refractivity (Wildman–Crippen MR) is 156 cm³/mol. The zero-order valence-corrected chi connectivity index (χ0v) is 25.0. The number of nitrogens with one attached hydrogen (secondary N) is 2. The topological polar surface area (TPSA) is 155 Å². The van der Waals surface area contributed by atoms with Crippen LogP contribution in [0.3, 0.4) is 0 Å². The van der Waals surface area contributed by atoms with Gasteiger partial charge in [0.15, 0.2) is 5.03 Å². The van der Waals surface area contributed by atoms with Crippen LogP contribution < -0.4 is 20.1 Å². The fourth-order valence-electron chi connectivity index (χ4n) is 4.52. The van der Waals surface area contributed by atoms with E-state index in [0.29, 0.717) is 17.1 Å². The first-order valence-electron chi connectivity index (χ1n) is 13.3. The number of anilines is 2. The van der Waals surface area contributed by atoms with Crippen molar-refractivity contribution in [2.75, 3.05) is 44.5 Å². The van der Waals surface area contributed by atoms with Crippen molar-refractivity contribution in [3.8, 4) is 11.5 Å². The highest BCUT2D eigenvalue weighted by Crippen LogP contribution is 2.31. The first-order valence-corrected chi connectivity index (χ1v) is 14.8. The molecule has 3 aromatic rings. The van der Waals surface area contributed by atoms with Gasteiger partial charge in [-0.15, -0.1) is 0 Å². The Morgan fingerprint density at radius 2 is 1.88 bits per heavy atom. The van der Waals surface area contributed by atoms with Crippen LogP contribution in [0.4, 0.5) is 16.2 Å². The van der Waals surface area contributed by atoms with E-state index in [1.54, 1.807) is 62.0 Å². The molecule has 0 spiro atoms. The maximum atomic E-state index is 13.7. The molecule has 0 bridgehead atoms. The van der Waals surface area contributed by atoms with Gasteiger partial charge in [0.05, 0.1) is 38.2 Å². The lowest BCUT2D eigenvalue weighted by Gasteiger charge is -2.38. The quantitative estimate of drug-likeness (QED) is 0.339. The maximum Gasteiger partial charge on any atom is 0.323 e. The fraction of sp³-hybridized carbons (Fsp3) is 0.393. The number of urea groups is 1. The van der Waals surface area contributed by atoms with E-state index in [4.69, 9.17) is 9.47 Å². The van der Waals surface area contributed by atoms with Gasteiger partial charge in [-0.25, -0.2) is 18.2 Å². The molecule has 3 amide bonds. The molecule has 3 N–H and O–H groups in total. The Kier molecular flexibility index (Phi) is 9.39. The highest BCUT2D eigenvalue weighted by atomic mass is 32.2. The number of aliphatic hydroxyl groups excluding tert-OH is 1. The van der Waals surface area contributed by atoms with E-state index < -0.39 is 28.2 Å². The molecule has 1 aromatic heterocycles. The lowest BCUT2D eigenvalue weighted by molar-refractivity contribution is 0.0387. The highest BCUT2D eigenvalue weighted by molar-refractivity contribution is 7.89. The summed E-state index contributed by atoms with van der Waals surface area (Å²) in [6.45, 7) is 3.51. The average Bonchev–Trinajstić information content (AvgIpc) is 3.42. The lowest BCUT2D eigenvalue weighted by Crippen LogP contribution is -2.50. The number of benzene rings is 2. The SMILES string of the molecule is COc1ccc(NC(=O)Nc2ccc3c(c2)C(=O)N([C@@H](C)CO)C[C@H](C)[C@@H](CN(C)S(=O)(=O)c2cn(C)cn2)O3)cc1. The number of imidazole rings is 1. The molecular weight excluding hydrogens is 564 g/mol. The number of aromatic nitrogens is 2. The van der Waals surface area contributed by atoms with E-state index in [1.165, 1.54) is 34.8 Å². The summed E-state index contributed by atoms with van der Waals surface area (Å²) >= 11 is 0. The molecule has 13 nitrogen and oxygen atoms in total. The number of carbonyl (C=O) groups excluding carboxylic acids is 2. The number of hydrogen-bond acceptors (Lipinski definition) is 8. The second-order valence-corrected chi connectivity index (χ2v) is 12.3.